The Kier molecular flexibility index (Phi) is 3.68. The van der Waals surface area contributed by atoms with E-state index in [2.05, 4.69) is 9.97 Å². The molecule has 10 heteroatoms. The van der Waals surface area contributed by atoms with Gasteiger partial charge < -0.3 is 36.7 Å². The third kappa shape index (κ3) is 2.32. The van der Waals surface area contributed by atoms with Gasteiger partial charge in [-0.05, 0) is 6.92 Å². The molecular weight excluding hydrogens is 304 g/mol. The minimum Gasteiger partial charge on any atom is -0.394 e. The van der Waals surface area contributed by atoms with Crippen LogP contribution >= 0.6 is 0 Å². The number of ether oxygens (including phenoxy) is 1. The number of fused-ring (bicyclic) bond motifs is 1. The van der Waals surface area contributed by atoms with Gasteiger partial charge in [-0.25, -0.2) is 9.97 Å². The SMILES string of the molecule is Cc1nc(N)c2c(C(N)=O)cn([C@@H]3O[C@H](CO)[C@@H](O)[C@@H]3N)c2n1. The molecule has 0 saturated carbocycles. The van der Waals surface area contributed by atoms with E-state index in [1.165, 1.54) is 10.8 Å². The van der Waals surface area contributed by atoms with Crippen molar-refractivity contribution in [2.24, 2.45) is 11.5 Å². The number of aliphatic hydroxyl groups excluding tert-OH is 2. The number of primary amides is 1. The number of aryl methyl sites for hydroxylation is 1. The van der Waals surface area contributed by atoms with Crippen LogP contribution in [0.4, 0.5) is 5.82 Å². The van der Waals surface area contributed by atoms with Crippen LogP contribution in [0.2, 0.25) is 0 Å². The van der Waals surface area contributed by atoms with E-state index >= 15 is 0 Å². The molecule has 0 bridgehead atoms. The van der Waals surface area contributed by atoms with Crippen LogP contribution in [0.1, 0.15) is 22.4 Å². The highest BCUT2D eigenvalue weighted by molar-refractivity contribution is 6.08. The molecule has 1 aliphatic heterocycles. The van der Waals surface area contributed by atoms with Crippen LogP contribution in [0.5, 0.6) is 0 Å². The first kappa shape index (κ1) is 15.6. The zero-order valence-electron chi connectivity index (χ0n) is 12.4. The standard InChI is InChI=1S/C13H18N6O4/c1-4-17-10(15)7-5(11(16)22)2-19(12(7)18-4)13-8(14)9(21)6(3-20)23-13/h2,6,8-9,13,20-21H,3,14H2,1H3,(H2,16,22)(H2,15,17,18)/t6-,8+,9-,13-/m1/s1. The van der Waals surface area contributed by atoms with Crippen LogP contribution in [0.3, 0.4) is 0 Å². The number of nitrogens with zero attached hydrogens (tertiary/aromatic N) is 3. The van der Waals surface area contributed by atoms with Crippen molar-refractivity contribution in [1.82, 2.24) is 14.5 Å². The Bertz CT molecular complexity index is 775. The van der Waals surface area contributed by atoms with Crippen molar-refractivity contribution >= 4 is 22.8 Å². The number of carbonyl (C=O) groups is 1. The number of aromatic nitrogens is 3. The summed E-state index contributed by atoms with van der Waals surface area (Å²) in [6.07, 6.45) is -1.29. The van der Waals surface area contributed by atoms with Crippen LogP contribution in [-0.4, -0.2) is 55.5 Å². The van der Waals surface area contributed by atoms with E-state index in [4.69, 9.17) is 21.9 Å². The van der Waals surface area contributed by atoms with Gasteiger partial charge in [-0.2, -0.15) is 0 Å². The van der Waals surface area contributed by atoms with E-state index in [0.29, 0.717) is 16.9 Å². The smallest absolute Gasteiger partial charge is 0.251 e. The topological polar surface area (TPSA) is 176 Å². The fraction of sp³-hybridized carbons (Fsp3) is 0.462. The number of nitrogens with two attached hydrogens (primary N) is 3. The van der Waals surface area contributed by atoms with Crippen molar-refractivity contribution in [3.05, 3.63) is 17.6 Å². The predicted octanol–water partition coefficient (Wildman–Crippen LogP) is -2.00. The Morgan fingerprint density at radius 2 is 2.17 bits per heavy atom. The number of nitrogen functional groups attached to an aromatic ring is 1. The van der Waals surface area contributed by atoms with Gasteiger partial charge in [0.15, 0.2) is 6.23 Å². The highest BCUT2D eigenvalue weighted by Gasteiger charge is 2.43. The van der Waals surface area contributed by atoms with Gasteiger partial charge in [0, 0.05) is 6.20 Å². The van der Waals surface area contributed by atoms with Gasteiger partial charge in [0.2, 0.25) is 0 Å². The summed E-state index contributed by atoms with van der Waals surface area (Å²) < 4.78 is 7.08. The highest BCUT2D eigenvalue weighted by atomic mass is 16.5. The maximum atomic E-state index is 11.7. The number of carbonyl (C=O) groups excluding carboxylic acids is 1. The molecule has 8 N–H and O–H groups in total. The van der Waals surface area contributed by atoms with E-state index in [-0.39, 0.29) is 18.0 Å². The lowest BCUT2D eigenvalue weighted by molar-refractivity contribution is -0.0435. The minimum atomic E-state index is -1.06. The lowest BCUT2D eigenvalue weighted by Gasteiger charge is -2.18. The summed E-state index contributed by atoms with van der Waals surface area (Å²) in [4.78, 5) is 20.0. The average molecular weight is 322 g/mol. The van der Waals surface area contributed by atoms with Crippen LogP contribution in [-0.2, 0) is 4.74 Å². The molecule has 0 aromatic carbocycles. The van der Waals surface area contributed by atoms with Gasteiger partial charge in [-0.15, -0.1) is 0 Å². The lowest BCUT2D eigenvalue weighted by atomic mass is 10.1. The number of amides is 1. The van der Waals surface area contributed by atoms with E-state index in [9.17, 15) is 15.0 Å². The predicted molar refractivity (Wildman–Crippen MR) is 80.2 cm³/mol. The first-order valence-electron chi connectivity index (χ1n) is 6.99. The number of hydrogen-bond donors (Lipinski definition) is 5. The lowest BCUT2D eigenvalue weighted by Crippen LogP contribution is -2.39. The molecule has 0 aliphatic carbocycles. The third-order valence-electron chi connectivity index (χ3n) is 3.95. The molecule has 124 valence electrons. The molecule has 10 nitrogen and oxygen atoms in total. The van der Waals surface area contributed by atoms with Gasteiger partial charge in [-0.3, -0.25) is 4.79 Å². The Balaban J connectivity index is 2.20. The number of hydrogen-bond acceptors (Lipinski definition) is 8. The molecule has 2 aromatic rings. The summed E-state index contributed by atoms with van der Waals surface area (Å²) in [5.41, 5.74) is 17.7. The van der Waals surface area contributed by atoms with E-state index in [1.54, 1.807) is 6.92 Å². The second-order valence-corrected chi connectivity index (χ2v) is 5.48. The maximum Gasteiger partial charge on any atom is 0.251 e. The maximum absolute atomic E-state index is 11.7. The number of anilines is 1. The Labute approximate surface area is 130 Å². The average Bonchev–Trinajstić information content (AvgIpc) is 2.99. The molecular formula is C13H18N6O4. The van der Waals surface area contributed by atoms with Crippen molar-refractivity contribution in [2.75, 3.05) is 12.3 Å². The minimum absolute atomic E-state index is 0.117. The molecule has 3 rings (SSSR count). The van der Waals surface area contributed by atoms with Gasteiger partial charge in [-0.1, -0.05) is 0 Å². The largest absolute Gasteiger partial charge is 0.394 e. The molecule has 1 fully saturated rings. The van der Waals surface area contributed by atoms with E-state index < -0.39 is 30.4 Å². The monoisotopic (exact) mass is 322 g/mol. The van der Waals surface area contributed by atoms with Crippen molar-refractivity contribution in [3.63, 3.8) is 0 Å². The van der Waals surface area contributed by atoms with Gasteiger partial charge in [0.25, 0.3) is 5.91 Å². The normalized spacial score (nSPS) is 27.7. The Morgan fingerprint density at radius 3 is 2.74 bits per heavy atom. The fourth-order valence-electron chi connectivity index (χ4n) is 2.84. The second-order valence-electron chi connectivity index (χ2n) is 5.48. The molecule has 0 radical (unpaired) electrons. The summed E-state index contributed by atoms with van der Waals surface area (Å²) in [6.45, 7) is 1.27. The Hall–Kier alpha value is -2.27. The third-order valence-corrected chi connectivity index (χ3v) is 3.95. The zero-order valence-corrected chi connectivity index (χ0v) is 12.4. The molecule has 1 aliphatic rings. The van der Waals surface area contributed by atoms with Crippen molar-refractivity contribution in [1.29, 1.82) is 0 Å². The van der Waals surface area contributed by atoms with Crippen LogP contribution in [0.25, 0.3) is 11.0 Å². The first-order chi connectivity index (χ1) is 10.8. The second kappa shape index (κ2) is 5.42. The van der Waals surface area contributed by atoms with Crippen LogP contribution in [0, 0.1) is 6.92 Å². The molecule has 1 saturated heterocycles. The van der Waals surface area contributed by atoms with Crippen LogP contribution < -0.4 is 17.2 Å². The van der Waals surface area contributed by atoms with Crippen molar-refractivity contribution in [3.8, 4) is 0 Å². The van der Waals surface area contributed by atoms with Crippen molar-refractivity contribution < 1.29 is 19.7 Å². The van der Waals surface area contributed by atoms with E-state index in [1.807, 2.05) is 0 Å². The molecule has 23 heavy (non-hydrogen) atoms. The molecule has 2 aromatic heterocycles. The van der Waals surface area contributed by atoms with Crippen LogP contribution in [0.15, 0.2) is 6.20 Å². The quantitative estimate of drug-likeness (QED) is 0.431. The molecule has 0 unspecified atom stereocenters. The fourth-order valence-corrected chi connectivity index (χ4v) is 2.84. The summed E-state index contributed by atoms with van der Waals surface area (Å²) in [5.74, 6) is -0.180. The van der Waals surface area contributed by atoms with Gasteiger partial charge in [0.05, 0.1) is 23.6 Å². The molecule has 4 atom stereocenters. The molecule has 3 heterocycles. The summed E-state index contributed by atoms with van der Waals surface area (Å²) in [6, 6.07) is -0.819. The van der Waals surface area contributed by atoms with Gasteiger partial charge in [0.1, 0.15) is 29.5 Å². The van der Waals surface area contributed by atoms with E-state index in [0.717, 1.165) is 0 Å². The summed E-state index contributed by atoms with van der Waals surface area (Å²) in [5, 5.41) is 19.6. The summed E-state index contributed by atoms with van der Waals surface area (Å²) in [7, 11) is 0. The van der Waals surface area contributed by atoms with Gasteiger partial charge >= 0.3 is 0 Å². The number of rotatable bonds is 3. The van der Waals surface area contributed by atoms with Crippen molar-refractivity contribution in [2.45, 2.75) is 31.4 Å². The molecule has 0 spiro atoms. The number of aliphatic hydroxyl groups is 2. The Morgan fingerprint density at radius 1 is 1.48 bits per heavy atom. The summed E-state index contributed by atoms with van der Waals surface area (Å²) >= 11 is 0. The zero-order chi connectivity index (χ0) is 16.9. The molecule has 1 amide bonds. The first-order valence-corrected chi connectivity index (χ1v) is 6.99. The highest BCUT2D eigenvalue weighted by Crippen LogP contribution is 2.33.